The van der Waals surface area contributed by atoms with E-state index in [-0.39, 0.29) is 0 Å². The fraction of sp³-hybridized carbons (Fsp3) is 0.714. The molecule has 1 rings (SSSR count). The molecule has 0 aliphatic heterocycles. The van der Waals surface area contributed by atoms with Crippen molar-refractivity contribution in [3.05, 3.63) is 24.0 Å². The fourth-order valence-corrected chi connectivity index (χ4v) is 2.39. The van der Waals surface area contributed by atoms with Gasteiger partial charge in [0, 0.05) is 32.5 Å². The quantitative estimate of drug-likeness (QED) is 0.782. The molecule has 2 heteroatoms. The van der Waals surface area contributed by atoms with Gasteiger partial charge in [-0.3, -0.25) is 0 Å². The average Bonchev–Trinajstić information content (AvgIpc) is 2.48. The predicted molar refractivity (Wildman–Crippen MR) is 70.4 cm³/mol. The highest BCUT2D eigenvalue weighted by atomic mass is 14.9. The van der Waals surface area contributed by atoms with Crippen molar-refractivity contribution >= 4 is 0 Å². The largest absolute Gasteiger partial charge is 0.357 e. The summed E-state index contributed by atoms with van der Waals surface area (Å²) in [5, 5.41) is 3.55. The van der Waals surface area contributed by atoms with Crippen LogP contribution in [0.15, 0.2) is 18.5 Å². The molecule has 0 saturated heterocycles. The Bertz CT molecular complexity index is 310. The number of aryl methyl sites for hydroxylation is 1. The first kappa shape index (κ1) is 13.3. The first-order valence-electron chi connectivity index (χ1n) is 6.21. The molecule has 0 spiro atoms. The van der Waals surface area contributed by atoms with Gasteiger partial charge in [0.05, 0.1) is 0 Å². The Hall–Kier alpha value is -0.760. The SMILES string of the molecule is CC(C)CC(C)(C)CNCc1ccn(C)c1. The zero-order valence-corrected chi connectivity index (χ0v) is 11.4. The van der Waals surface area contributed by atoms with Crippen LogP contribution in [0.5, 0.6) is 0 Å². The van der Waals surface area contributed by atoms with Crippen LogP contribution in [0.3, 0.4) is 0 Å². The monoisotopic (exact) mass is 222 g/mol. The Morgan fingerprint density at radius 3 is 2.56 bits per heavy atom. The highest BCUT2D eigenvalue weighted by Crippen LogP contribution is 2.24. The molecule has 0 unspecified atom stereocenters. The molecular weight excluding hydrogens is 196 g/mol. The molecule has 1 aromatic rings. The maximum Gasteiger partial charge on any atom is 0.0220 e. The Morgan fingerprint density at radius 1 is 1.38 bits per heavy atom. The van der Waals surface area contributed by atoms with Gasteiger partial charge in [0.15, 0.2) is 0 Å². The highest BCUT2D eigenvalue weighted by Gasteiger charge is 2.18. The van der Waals surface area contributed by atoms with Gasteiger partial charge in [-0.05, 0) is 29.4 Å². The summed E-state index contributed by atoms with van der Waals surface area (Å²) in [6, 6.07) is 2.17. The zero-order valence-electron chi connectivity index (χ0n) is 11.4. The average molecular weight is 222 g/mol. The second-order valence-electron chi connectivity index (χ2n) is 6.05. The van der Waals surface area contributed by atoms with Crippen molar-refractivity contribution in [1.29, 1.82) is 0 Å². The van der Waals surface area contributed by atoms with E-state index in [1.54, 1.807) is 0 Å². The van der Waals surface area contributed by atoms with Gasteiger partial charge in [0.1, 0.15) is 0 Å². The Balaban J connectivity index is 2.29. The van der Waals surface area contributed by atoms with E-state index in [0.29, 0.717) is 5.41 Å². The summed E-state index contributed by atoms with van der Waals surface area (Å²) in [5.74, 6) is 0.772. The third-order valence-corrected chi connectivity index (χ3v) is 2.79. The Morgan fingerprint density at radius 2 is 2.06 bits per heavy atom. The van der Waals surface area contributed by atoms with Crippen molar-refractivity contribution in [2.45, 2.75) is 40.7 Å². The molecule has 92 valence electrons. The van der Waals surface area contributed by atoms with E-state index in [4.69, 9.17) is 0 Å². The van der Waals surface area contributed by atoms with E-state index in [0.717, 1.165) is 19.0 Å². The molecule has 0 aliphatic rings. The molecule has 0 fully saturated rings. The summed E-state index contributed by atoms with van der Waals surface area (Å²) in [6.07, 6.45) is 5.54. The van der Waals surface area contributed by atoms with Gasteiger partial charge in [-0.1, -0.05) is 27.7 Å². The van der Waals surface area contributed by atoms with Gasteiger partial charge >= 0.3 is 0 Å². The third-order valence-electron chi connectivity index (χ3n) is 2.79. The van der Waals surface area contributed by atoms with Crippen molar-refractivity contribution < 1.29 is 0 Å². The van der Waals surface area contributed by atoms with Gasteiger partial charge in [-0.25, -0.2) is 0 Å². The minimum absolute atomic E-state index is 0.392. The van der Waals surface area contributed by atoms with E-state index in [1.165, 1.54) is 12.0 Å². The molecule has 0 radical (unpaired) electrons. The minimum atomic E-state index is 0.392. The zero-order chi connectivity index (χ0) is 12.2. The van der Waals surface area contributed by atoms with Crippen LogP contribution in [-0.4, -0.2) is 11.1 Å². The van der Waals surface area contributed by atoms with Gasteiger partial charge < -0.3 is 9.88 Å². The van der Waals surface area contributed by atoms with Crippen LogP contribution in [0.25, 0.3) is 0 Å². The van der Waals surface area contributed by atoms with E-state index >= 15 is 0 Å². The standard InChI is InChI=1S/C14H26N2/c1-12(2)8-14(3,4)11-15-9-13-6-7-16(5)10-13/h6-7,10,12,15H,8-9,11H2,1-5H3. The summed E-state index contributed by atoms with van der Waals surface area (Å²) in [5.41, 5.74) is 1.76. The third kappa shape index (κ3) is 4.84. The van der Waals surface area contributed by atoms with Gasteiger partial charge in [0.2, 0.25) is 0 Å². The van der Waals surface area contributed by atoms with E-state index in [2.05, 4.69) is 63.1 Å². The normalized spacial score (nSPS) is 12.4. The predicted octanol–water partition coefficient (Wildman–Crippen LogP) is 3.19. The Labute approximate surface area is 100 Å². The number of rotatable bonds is 6. The van der Waals surface area contributed by atoms with Gasteiger partial charge in [-0.2, -0.15) is 0 Å². The van der Waals surface area contributed by atoms with Gasteiger partial charge in [-0.15, -0.1) is 0 Å². The molecule has 1 heterocycles. The highest BCUT2D eigenvalue weighted by molar-refractivity contribution is 5.09. The number of aromatic nitrogens is 1. The lowest BCUT2D eigenvalue weighted by Gasteiger charge is -2.27. The molecule has 2 nitrogen and oxygen atoms in total. The molecule has 0 bridgehead atoms. The van der Waals surface area contributed by atoms with Crippen molar-refractivity contribution in [2.24, 2.45) is 18.4 Å². The van der Waals surface area contributed by atoms with Crippen LogP contribution in [0, 0.1) is 11.3 Å². The smallest absolute Gasteiger partial charge is 0.0220 e. The lowest BCUT2D eigenvalue weighted by Crippen LogP contribution is -2.30. The maximum atomic E-state index is 3.55. The van der Waals surface area contributed by atoms with Crippen molar-refractivity contribution in [1.82, 2.24) is 9.88 Å². The molecule has 1 N–H and O–H groups in total. The first-order chi connectivity index (χ1) is 7.39. The molecule has 1 aromatic heterocycles. The summed E-state index contributed by atoms with van der Waals surface area (Å²) in [7, 11) is 2.06. The summed E-state index contributed by atoms with van der Waals surface area (Å²) < 4.78 is 2.09. The summed E-state index contributed by atoms with van der Waals surface area (Å²) >= 11 is 0. The molecule has 0 atom stereocenters. The molecule has 0 aromatic carbocycles. The van der Waals surface area contributed by atoms with Crippen molar-refractivity contribution in [3.63, 3.8) is 0 Å². The molecule has 16 heavy (non-hydrogen) atoms. The second-order valence-corrected chi connectivity index (χ2v) is 6.05. The summed E-state index contributed by atoms with van der Waals surface area (Å²) in [6.45, 7) is 11.3. The minimum Gasteiger partial charge on any atom is -0.357 e. The van der Waals surface area contributed by atoms with Crippen molar-refractivity contribution in [3.8, 4) is 0 Å². The van der Waals surface area contributed by atoms with Crippen LogP contribution >= 0.6 is 0 Å². The topological polar surface area (TPSA) is 17.0 Å². The van der Waals surface area contributed by atoms with Gasteiger partial charge in [0.25, 0.3) is 0 Å². The molecule has 0 saturated carbocycles. The second kappa shape index (κ2) is 5.53. The van der Waals surface area contributed by atoms with Crippen LogP contribution in [0.1, 0.15) is 39.7 Å². The van der Waals surface area contributed by atoms with Crippen LogP contribution in [-0.2, 0) is 13.6 Å². The van der Waals surface area contributed by atoms with E-state index in [9.17, 15) is 0 Å². The molecular formula is C14H26N2. The molecule has 0 amide bonds. The lowest BCUT2D eigenvalue weighted by molar-refractivity contribution is 0.273. The van der Waals surface area contributed by atoms with Crippen LogP contribution < -0.4 is 5.32 Å². The molecule has 0 aliphatic carbocycles. The Kier molecular flexibility index (Phi) is 4.60. The maximum absolute atomic E-state index is 3.55. The number of hydrogen-bond acceptors (Lipinski definition) is 1. The van der Waals surface area contributed by atoms with Crippen molar-refractivity contribution in [2.75, 3.05) is 6.54 Å². The van der Waals surface area contributed by atoms with E-state index < -0.39 is 0 Å². The number of nitrogens with zero attached hydrogens (tertiary/aromatic N) is 1. The first-order valence-corrected chi connectivity index (χ1v) is 6.21. The fourth-order valence-electron chi connectivity index (χ4n) is 2.39. The number of nitrogens with one attached hydrogen (secondary N) is 1. The van der Waals surface area contributed by atoms with Crippen LogP contribution in [0.4, 0.5) is 0 Å². The number of hydrogen-bond donors (Lipinski definition) is 1. The lowest BCUT2D eigenvalue weighted by atomic mass is 9.84. The van der Waals surface area contributed by atoms with Crippen LogP contribution in [0.2, 0.25) is 0 Å². The van der Waals surface area contributed by atoms with E-state index in [1.807, 2.05) is 0 Å². The summed E-state index contributed by atoms with van der Waals surface area (Å²) in [4.78, 5) is 0.